The fraction of sp³-hybridized carbons (Fsp3) is 0.538. The van der Waals surface area contributed by atoms with Crippen LogP contribution in [-0.2, 0) is 6.42 Å². The van der Waals surface area contributed by atoms with E-state index in [4.69, 9.17) is 17.3 Å². The van der Waals surface area contributed by atoms with E-state index in [1.807, 2.05) is 14.1 Å². The number of benzene rings is 1. The van der Waals surface area contributed by atoms with Crippen molar-refractivity contribution in [3.8, 4) is 0 Å². The summed E-state index contributed by atoms with van der Waals surface area (Å²) in [7, 11) is 3.98. The molecule has 0 saturated heterocycles. The maximum atomic E-state index is 12.9. The van der Waals surface area contributed by atoms with Gasteiger partial charge in [-0.3, -0.25) is 0 Å². The van der Waals surface area contributed by atoms with E-state index in [9.17, 15) is 4.39 Å². The van der Waals surface area contributed by atoms with Crippen LogP contribution in [0.5, 0.6) is 0 Å². The molecule has 0 amide bonds. The summed E-state index contributed by atoms with van der Waals surface area (Å²) in [5.41, 5.74) is 6.94. The van der Waals surface area contributed by atoms with E-state index in [2.05, 4.69) is 18.7 Å². The van der Waals surface area contributed by atoms with Crippen LogP contribution in [0, 0.1) is 5.82 Å². The first kappa shape index (κ1) is 14.4. The van der Waals surface area contributed by atoms with Gasteiger partial charge in [0.2, 0.25) is 0 Å². The average molecular weight is 259 g/mol. The van der Waals surface area contributed by atoms with Crippen molar-refractivity contribution in [2.75, 3.05) is 14.1 Å². The molecule has 0 spiro atoms. The minimum atomic E-state index is -0.320. The first-order chi connectivity index (χ1) is 7.75. The van der Waals surface area contributed by atoms with E-state index in [1.54, 1.807) is 6.07 Å². The Balaban J connectivity index is 2.84. The molecular weight excluding hydrogens is 239 g/mol. The SMILES string of the molecule is CN(C)C(C)(C)C(N)Cc1ccc(F)cc1Cl. The second-order valence-electron chi connectivity index (χ2n) is 5.09. The van der Waals surface area contributed by atoms with E-state index in [1.165, 1.54) is 12.1 Å². The molecule has 0 saturated carbocycles. The van der Waals surface area contributed by atoms with Gasteiger partial charge in [0.15, 0.2) is 0 Å². The average Bonchev–Trinajstić information content (AvgIpc) is 2.21. The molecule has 4 heteroatoms. The lowest BCUT2D eigenvalue weighted by Crippen LogP contribution is -2.54. The van der Waals surface area contributed by atoms with Gasteiger partial charge >= 0.3 is 0 Å². The van der Waals surface area contributed by atoms with E-state index in [0.29, 0.717) is 11.4 Å². The van der Waals surface area contributed by atoms with Crippen LogP contribution >= 0.6 is 11.6 Å². The quantitative estimate of drug-likeness (QED) is 0.900. The molecule has 0 fully saturated rings. The highest BCUT2D eigenvalue weighted by molar-refractivity contribution is 6.31. The molecule has 1 unspecified atom stereocenters. The number of nitrogens with zero attached hydrogens (tertiary/aromatic N) is 1. The lowest BCUT2D eigenvalue weighted by Gasteiger charge is -2.38. The Labute approximate surface area is 108 Å². The molecule has 0 aliphatic heterocycles. The number of hydrogen-bond donors (Lipinski definition) is 1. The van der Waals surface area contributed by atoms with Gasteiger partial charge in [-0.05, 0) is 52.1 Å². The Kier molecular flexibility index (Phi) is 4.53. The fourth-order valence-corrected chi connectivity index (χ4v) is 1.75. The van der Waals surface area contributed by atoms with E-state index in [0.717, 1.165) is 5.56 Å². The zero-order chi connectivity index (χ0) is 13.2. The molecule has 0 radical (unpaired) electrons. The third kappa shape index (κ3) is 3.41. The molecular formula is C13H20ClFN2. The van der Waals surface area contributed by atoms with Crippen LogP contribution in [0.4, 0.5) is 4.39 Å². The van der Waals surface area contributed by atoms with Crippen LogP contribution in [-0.4, -0.2) is 30.6 Å². The van der Waals surface area contributed by atoms with Crippen LogP contribution in [0.1, 0.15) is 19.4 Å². The third-order valence-electron chi connectivity index (χ3n) is 3.51. The van der Waals surface area contributed by atoms with Gasteiger partial charge in [0.1, 0.15) is 5.82 Å². The standard InChI is InChI=1S/C13H20ClFN2/c1-13(2,17(3)4)12(16)7-9-5-6-10(15)8-11(9)14/h5-6,8,12H,7,16H2,1-4H3. The molecule has 2 nitrogen and oxygen atoms in total. The Morgan fingerprint density at radius 2 is 2.00 bits per heavy atom. The third-order valence-corrected chi connectivity index (χ3v) is 3.87. The summed E-state index contributed by atoms with van der Waals surface area (Å²) in [5, 5.41) is 0.440. The maximum absolute atomic E-state index is 12.9. The van der Waals surface area contributed by atoms with Crippen molar-refractivity contribution in [1.29, 1.82) is 0 Å². The molecule has 1 aromatic rings. The summed E-state index contributed by atoms with van der Waals surface area (Å²) >= 11 is 5.99. The molecule has 1 rings (SSSR count). The molecule has 1 aromatic carbocycles. The summed E-state index contributed by atoms with van der Waals surface area (Å²) in [6.07, 6.45) is 0.629. The van der Waals surface area contributed by atoms with Crippen LogP contribution in [0.3, 0.4) is 0 Å². The van der Waals surface area contributed by atoms with Gasteiger partial charge in [0.05, 0.1) is 0 Å². The van der Waals surface area contributed by atoms with Crippen molar-refractivity contribution >= 4 is 11.6 Å². The highest BCUT2D eigenvalue weighted by atomic mass is 35.5. The number of halogens is 2. The first-order valence-electron chi connectivity index (χ1n) is 5.62. The van der Waals surface area contributed by atoms with Gasteiger partial charge in [-0.2, -0.15) is 0 Å². The Bertz CT molecular complexity index is 391. The van der Waals surface area contributed by atoms with Gasteiger partial charge in [0.25, 0.3) is 0 Å². The van der Waals surface area contributed by atoms with Crippen molar-refractivity contribution in [3.05, 3.63) is 34.6 Å². The largest absolute Gasteiger partial charge is 0.326 e. The van der Waals surface area contributed by atoms with Crippen molar-refractivity contribution < 1.29 is 4.39 Å². The van der Waals surface area contributed by atoms with Gasteiger partial charge in [0, 0.05) is 16.6 Å². The molecule has 0 aliphatic rings. The van der Waals surface area contributed by atoms with Crippen LogP contribution < -0.4 is 5.73 Å². The van der Waals surface area contributed by atoms with Crippen LogP contribution in [0.25, 0.3) is 0 Å². The zero-order valence-corrected chi connectivity index (χ0v) is 11.6. The lowest BCUT2D eigenvalue weighted by molar-refractivity contribution is 0.158. The van der Waals surface area contributed by atoms with Gasteiger partial charge in [-0.25, -0.2) is 4.39 Å². The summed E-state index contributed by atoms with van der Waals surface area (Å²) in [5.74, 6) is -0.320. The molecule has 0 aromatic heterocycles. The predicted molar refractivity (Wildman–Crippen MR) is 70.9 cm³/mol. The molecule has 2 N–H and O–H groups in total. The molecule has 1 atom stereocenters. The predicted octanol–water partition coefficient (Wildman–Crippen LogP) is 2.69. The highest BCUT2D eigenvalue weighted by Crippen LogP contribution is 2.23. The molecule has 0 bridgehead atoms. The summed E-state index contributed by atoms with van der Waals surface area (Å²) < 4.78 is 12.9. The number of nitrogens with two attached hydrogens (primary N) is 1. The zero-order valence-electron chi connectivity index (χ0n) is 10.8. The van der Waals surface area contributed by atoms with Crippen molar-refractivity contribution in [3.63, 3.8) is 0 Å². The molecule has 0 aliphatic carbocycles. The Morgan fingerprint density at radius 3 is 2.47 bits per heavy atom. The second kappa shape index (κ2) is 5.34. The maximum Gasteiger partial charge on any atom is 0.124 e. The Hall–Kier alpha value is -0.640. The first-order valence-corrected chi connectivity index (χ1v) is 6.00. The Morgan fingerprint density at radius 1 is 1.41 bits per heavy atom. The second-order valence-corrected chi connectivity index (χ2v) is 5.50. The molecule has 17 heavy (non-hydrogen) atoms. The number of rotatable bonds is 4. The van der Waals surface area contributed by atoms with E-state index >= 15 is 0 Å². The lowest BCUT2D eigenvalue weighted by atomic mass is 9.89. The smallest absolute Gasteiger partial charge is 0.124 e. The summed E-state index contributed by atoms with van der Waals surface area (Å²) in [6, 6.07) is 4.37. The molecule has 0 heterocycles. The monoisotopic (exact) mass is 258 g/mol. The summed E-state index contributed by atoms with van der Waals surface area (Å²) in [6.45, 7) is 4.16. The minimum Gasteiger partial charge on any atom is -0.326 e. The highest BCUT2D eigenvalue weighted by Gasteiger charge is 2.29. The van der Waals surface area contributed by atoms with Crippen LogP contribution in [0.15, 0.2) is 18.2 Å². The minimum absolute atomic E-state index is 0.0690. The van der Waals surface area contributed by atoms with Crippen LogP contribution in [0.2, 0.25) is 5.02 Å². The van der Waals surface area contributed by atoms with E-state index < -0.39 is 0 Å². The van der Waals surface area contributed by atoms with E-state index in [-0.39, 0.29) is 17.4 Å². The normalized spacial score (nSPS) is 14.1. The van der Waals surface area contributed by atoms with Crippen molar-refractivity contribution in [1.82, 2.24) is 4.90 Å². The molecule has 96 valence electrons. The van der Waals surface area contributed by atoms with Gasteiger partial charge in [-0.15, -0.1) is 0 Å². The van der Waals surface area contributed by atoms with Crippen molar-refractivity contribution in [2.45, 2.75) is 31.8 Å². The van der Waals surface area contributed by atoms with Gasteiger partial charge in [-0.1, -0.05) is 17.7 Å². The van der Waals surface area contributed by atoms with Gasteiger partial charge < -0.3 is 10.6 Å². The topological polar surface area (TPSA) is 29.3 Å². The van der Waals surface area contributed by atoms with Crippen molar-refractivity contribution in [2.24, 2.45) is 5.73 Å². The fourth-order valence-electron chi connectivity index (χ4n) is 1.51. The number of likely N-dealkylation sites (N-methyl/N-ethyl adjacent to an activating group) is 1. The summed E-state index contributed by atoms with van der Waals surface area (Å²) in [4.78, 5) is 2.08. The number of hydrogen-bond acceptors (Lipinski definition) is 2.